The van der Waals surface area contributed by atoms with Crippen molar-refractivity contribution in [1.82, 2.24) is 4.98 Å². The smallest absolute Gasteiger partial charge is 0.0968 e. The predicted molar refractivity (Wildman–Crippen MR) is 76.0 cm³/mol. The normalized spacial score (nSPS) is 14.6. The largest absolute Gasteiger partial charge is 0.534 e. The molecule has 1 saturated carbocycles. The Morgan fingerprint density at radius 1 is 1.32 bits per heavy atom. The summed E-state index contributed by atoms with van der Waals surface area (Å²) in [6.45, 7) is 9.11. The molecule has 1 aliphatic rings. The molecule has 0 unspecified atom stereocenters. The average Bonchev–Trinajstić information content (AvgIpc) is 2.92. The van der Waals surface area contributed by atoms with E-state index in [9.17, 15) is 0 Å². The van der Waals surface area contributed by atoms with E-state index in [1.165, 1.54) is 25.7 Å². The summed E-state index contributed by atoms with van der Waals surface area (Å²) in [5, 5.41) is 0. The SMILES string of the molecule is CC.CC(C)c1[c-]cc(OCC2CCCC2)nc1.[Y]. The molecule has 0 aliphatic heterocycles. The topological polar surface area (TPSA) is 22.1 Å². The fourth-order valence-corrected chi connectivity index (χ4v) is 2.13. The van der Waals surface area contributed by atoms with Crippen molar-refractivity contribution in [3.63, 3.8) is 0 Å². The van der Waals surface area contributed by atoms with Crippen molar-refractivity contribution in [2.75, 3.05) is 6.61 Å². The zero-order chi connectivity index (χ0) is 13.4. The van der Waals surface area contributed by atoms with Crippen LogP contribution in [0.3, 0.4) is 0 Å². The van der Waals surface area contributed by atoms with E-state index < -0.39 is 0 Å². The molecule has 0 N–H and O–H groups in total. The Hall–Kier alpha value is 0.0539. The summed E-state index contributed by atoms with van der Waals surface area (Å²) < 4.78 is 5.68. The van der Waals surface area contributed by atoms with Crippen LogP contribution in [0.1, 0.15) is 64.9 Å². The van der Waals surface area contributed by atoms with E-state index in [2.05, 4.69) is 24.9 Å². The van der Waals surface area contributed by atoms with Gasteiger partial charge in [0.25, 0.3) is 0 Å². The fourth-order valence-electron chi connectivity index (χ4n) is 2.13. The van der Waals surface area contributed by atoms with Crippen LogP contribution in [0.25, 0.3) is 0 Å². The van der Waals surface area contributed by atoms with Gasteiger partial charge in [0.1, 0.15) is 0 Å². The second-order valence-corrected chi connectivity index (χ2v) is 4.96. The molecule has 2 rings (SSSR count). The van der Waals surface area contributed by atoms with E-state index in [1.54, 1.807) is 0 Å². The van der Waals surface area contributed by atoms with Crippen molar-refractivity contribution in [1.29, 1.82) is 0 Å². The van der Waals surface area contributed by atoms with Crippen molar-refractivity contribution in [3.8, 4) is 5.88 Å². The van der Waals surface area contributed by atoms with Gasteiger partial charge < -0.3 is 9.72 Å². The van der Waals surface area contributed by atoms with Gasteiger partial charge >= 0.3 is 0 Å². The quantitative estimate of drug-likeness (QED) is 0.749. The fraction of sp³-hybridized carbons (Fsp3) is 0.688. The molecule has 1 aliphatic carbocycles. The molecule has 1 aromatic rings. The minimum atomic E-state index is 0. The van der Waals surface area contributed by atoms with Crippen LogP contribution < -0.4 is 4.74 Å². The van der Waals surface area contributed by atoms with Gasteiger partial charge in [-0.1, -0.05) is 46.7 Å². The molecule has 3 heteroatoms. The Kier molecular flexibility index (Phi) is 10.8. The Morgan fingerprint density at radius 3 is 2.42 bits per heavy atom. The number of pyridine rings is 1. The maximum absolute atomic E-state index is 5.68. The van der Waals surface area contributed by atoms with Crippen LogP contribution in [-0.4, -0.2) is 11.6 Å². The molecule has 19 heavy (non-hydrogen) atoms. The van der Waals surface area contributed by atoms with E-state index in [0.29, 0.717) is 5.92 Å². The monoisotopic (exact) mass is 337 g/mol. The van der Waals surface area contributed by atoms with E-state index in [1.807, 2.05) is 26.1 Å². The third kappa shape index (κ3) is 6.85. The molecule has 0 saturated heterocycles. The van der Waals surface area contributed by atoms with Crippen molar-refractivity contribution in [2.45, 2.75) is 59.3 Å². The van der Waals surface area contributed by atoms with Crippen LogP contribution >= 0.6 is 0 Å². The van der Waals surface area contributed by atoms with Gasteiger partial charge in [-0.15, -0.1) is 11.6 Å². The first-order valence-corrected chi connectivity index (χ1v) is 7.26. The summed E-state index contributed by atoms with van der Waals surface area (Å²) in [6, 6.07) is 5.09. The molecule has 0 atom stereocenters. The number of rotatable bonds is 4. The minimum absolute atomic E-state index is 0. The first kappa shape index (κ1) is 19.1. The van der Waals surface area contributed by atoms with Gasteiger partial charge in [0, 0.05) is 32.7 Å². The maximum atomic E-state index is 5.68. The molecule has 0 aromatic carbocycles. The standard InChI is InChI=1S/C14H20NO.C2H6.Y/c1-11(2)13-7-8-14(15-9-13)16-10-12-5-3-4-6-12;1-2;/h8-9,11-12H,3-6,10H2,1-2H3;1-2H3;/q-1;;. The number of hydrogen-bond donors (Lipinski definition) is 0. The molecular weight excluding hydrogens is 311 g/mol. The Labute approximate surface area is 143 Å². The van der Waals surface area contributed by atoms with Gasteiger partial charge in [-0.3, -0.25) is 0 Å². The number of nitrogens with zero attached hydrogens (tertiary/aromatic N) is 1. The Balaban J connectivity index is 0.00000103. The third-order valence-corrected chi connectivity index (χ3v) is 3.26. The first-order chi connectivity index (χ1) is 8.75. The van der Waals surface area contributed by atoms with Crippen LogP contribution in [0, 0.1) is 12.0 Å². The summed E-state index contributed by atoms with van der Waals surface area (Å²) in [7, 11) is 0. The van der Waals surface area contributed by atoms with Crippen LogP contribution in [0.2, 0.25) is 0 Å². The van der Waals surface area contributed by atoms with Gasteiger partial charge in [0.05, 0.1) is 12.5 Å². The third-order valence-electron chi connectivity index (χ3n) is 3.26. The molecule has 1 aromatic heterocycles. The molecule has 2 nitrogen and oxygen atoms in total. The molecule has 1 heterocycles. The van der Waals surface area contributed by atoms with Gasteiger partial charge in [-0.05, 0) is 24.7 Å². The van der Waals surface area contributed by atoms with Gasteiger partial charge in [-0.2, -0.15) is 6.07 Å². The maximum Gasteiger partial charge on any atom is 0.0968 e. The van der Waals surface area contributed by atoms with Crippen LogP contribution in [0.4, 0.5) is 0 Å². The first-order valence-electron chi connectivity index (χ1n) is 7.26. The second kappa shape index (κ2) is 10.8. The van der Waals surface area contributed by atoms with Crippen LogP contribution in [0.15, 0.2) is 12.3 Å². The Bertz CT molecular complexity index is 318. The van der Waals surface area contributed by atoms with Gasteiger partial charge in [0.2, 0.25) is 0 Å². The second-order valence-electron chi connectivity index (χ2n) is 4.96. The Morgan fingerprint density at radius 2 is 1.95 bits per heavy atom. The molecule has 0 amide bonds. The summed E-state index contributed by atoms with van der Waals surface area (Å²) in [5.74, 6) is 1.94. The van der Waals surface area contributed by atoms with E-state index in [0.717, 1.165) is 24.0 Å². The predicted octanol–water partition coefficient (Wildman–Crippen LogP) is 4.60. The molecule has 1 radical (unpaired) electrons. The molecular formula is C16H26NOY-. The van der Waals surface area contributed by atoms with E-state index >= 15 is 0 Å². The van der Waals surface area contributed by atoms with Crippen molar-refractivity contribution in [3.05, 3.63) is 23.9 Å². The molecule has 0 spiro atoms. The number of hydrogen-bond acceptors (Lipinski definition) is 2. The summed E-state index contributed by atoms with van der Waals surface area (Å²) in [4.78, 5) is 4.31. The summed E-state index contributed by atoms with van der Waals surface area (Å²) in [5.41, 5.74) is 1.15. The van der Waals surface area contributed by atoms with Crippen LogP contribution in [0.5, 0.6) is 5.88 Å². The van der Waals surface area contributed by atoms with Crippen molar-refractivity contribution < 1.29 is 37.4 Å². The van der Waals surface area contributed by atoms with E-state index in [4.69, 9.17) is 4.74 Å². The van der Waals surface area contributed by atoms with E-state index in [-0.39, 0.29) is 32.7 Å². The minimum Gasteiger partial charge on any atom is -0.534 e. The summed E-state index contributed by atoms with van der Waals surface area (Å²) in [6.07, 6.45) is 7.22. The van der Waals surface area contributed by atoms with Gasteiger partial charge in [0.15, 0.2) is 0 Å². The number of aromatic nitrogens is 1. The van der Waals surface area contributed by atoms with Crippen molar-refractivity contribution in [2.24, 2.45) is 5.92 Å². The molecule has 105 valence electrons. The van der Waals surface area contributed by atoms with Crippen LogP contribution in [-0.2, 0) is 32.7 Å². The summed E-state index contributed by atoms with van der Waals surface area (Å²) >= 11 is 0. The number of ether oxygens (including phenoxy) is 1. The zero-order valence-corrected chi connectivity index (χ0v) is 15.6. The zero-order valence-electron chi connectivity index (χ0n) is 12.8. The average molecular weight is 337 g/mol. The molecule has 0 bridgehead atoms. The van der Waals surface area contributed by atoms with Gasteiger partial charge in [-0.25, -0.2) is 0 Å². The van der Waals surface area contributed by atoms with Crippen molar-refractivity contribution >= 4 is 0 Å². The molecule has 1 fully saturated rings.